The van der Waals surface area contributed by atoms with Crippen molar-refractivity contribution in [2.45, 2.75) is 26.8 Å². The first kappa shape index (κ1) is 12.5. The molecule has 76 valence electrons. The molecule has 1 unspecified atom stereocenters. The lowest BCUT2D eigenvalue weighted by molar-refractivity contribution is 0.230. The van der Waals surface area contributed by atoms with Crippen LogP contribution in [0.4, 0.5) is 0 Å². The van der Waals surface area contributed by atoms with Crippen LogP contribution in [0.15, 0.2) is 0 Å². The molecule has 1 N–H and O–H groups in total. The first-order valence-electron chi connectivity index (χ1n) is 4.71. The number of terminal acetylenes is 1. The molecule has 1 atom stereocenters. The molecule has 0 heterocycles. The van der Waals surface area contributed by atoms with Crippen LogP contribution in [0.5, 0.6) is 0 Å². The van der Waals surface area contributed by atoms with E-state index < -0.39 is 0 Å². The molecule has 0 saturated carbocycles. The Hall–Kier alpha value is -0.520. The lowest BCUT2D eigenvalue weighted by atomic mass is 9.92. The zero-order valence-electron chi connectivity index (χ0n) is 9.52. The summed E-state index contributed by atoms with van der Waals surface area (Å²) in [6, 6.07) is 0.168. The maximum atomic E-state index is 5.28. The van der Waals surface area contributed by atoms with Gasteiger partial charge in [0, 0.05) is 13.1 Å². The van der Waals surface area contributed by atoms with Crippen LogP contribution in [0, 0.1) is 17.8 Å². The van der Waals surface area contributed by atoms with E-state index in [9.17, 15) is 0 Å². The molecule has 0 radical (unpaired) electrons. The van der Waals surface area contributed by atoms with Crippen molar-refractivity contribution in [3.05, 3.63) is 0 Å². The average Bonchev–Trinajstić information content (AvgIpc) is 1.98. The fraction of sp³-hybridized carbons (Fsp3) is 0.818. The second-order valence-electron chi connectivity index (χ2n) is 4.67. The van der Waals surface area contributed by atoms with Crippen LogP contribution in [0.2, 0.25) is 0 Å². The summed E-state index contributed by atoms with van der Waals surface area (Å²) in [7, 11) is 4.18. The molecule has 0 aromatic heterocycles. The van der Waals surface area contributed by atoms with Gasteiger partial charge in [-0.3, -0.25) is 0 Å². The third-order valence-corrected chi connectivity index (χ3v) is 1.88. The Kier molecular flexibility index (Phi) is 5.05. The van der Waals surface area contributed by atoms with E-state index in [0.29, 0.717) is 0 Å². The minimum atomic E-state index is 0.168. The molecule has 0 fully saturated rings. The summed E-state index contributed by atoms with van der Waals surface area (Å²) in [6.07, 6.45) is 5.28. The molecular weight excluding hydrogens is 160 g/mol. The molecule has 0 rings (SSSR count). The Morgan fingerprint density at radius 3 is 2.38 bits per heavy atom. The van der Waals surface area contributed by atoms with Gasteiger partial charge in [0.2, 0.25) is 0 Å². The highest BCUT2D eigenvalue weighted by Gasteiger charge is 2.18. The summed E-state index contributed by atoms with van der Waals surface area (Å²) in [5.41, 5.74) is 0.272. The van der Waals surface area contributed by atoms with E-state index >= 15 is 0 Å². The molecule has 0 bridgehead atoms. The third-order valence-electron chi connectivity index (χ3n) is 1.88. The molecule has 0 aromatic rings. The fourth-order valence-corrected chi connectivity index (χ4v) is 1.40. The summed E-state index contributed by atoms with van der Waals surface area (Å²) in [5, 5.41) is 3.32. The van der Waals surface area contributed by atoms with Crippen molar-refractivity contribution in [2.75, 3.05) is 27.2 Å². The molecule has 0 amide bonds. The highest BCUT2D eigenvalue weighted by atomic mass is 15.1. The lowest BCUT2D eigenvalue weighted by Gasteiger charge is -2.29. The molecule has 0 aliphatic heterocycles. The van der Waals surface area contributed by atoms with Crippen molar-refractivity contribution < 1.29 is 0 Å². The van der Waals surface area contributed by atoms with Gasteiger partial charge >= 0.3 is 0 Å². The Bertz CT molecular complexity index is 177. The number of rotatable bonds is 5. The van der Waals surface area contributed by atoms with Gasteiger partial charge in [-0.15, -0.1) is 6.42 Å². The number of hydrogen-bond donors (Lipinski definition) is 1. The molecule has 0 saturated heterocycles. The number of nitrogens with one attached hydrogen (secondary N) is 1. The van der Waals surface area contributed by atoms with Crippen LogP contribution in [0.3, 0.4) is 0 Å². The molecular formula is C11H22N2. The fourth-order valence-electron chi connectivity index (χ4n) is 1.40. The van der Waals surface area contributed by atoms with E-state index in [4.69, 9.17) is 6.42 Å². The van der Waals surface area contributed by atoms with Gasteiger partial charge in [-0.05, 0) is 26.4 Å². The van der Waals surface area contributed by atoms with E-state index in [0.717, 1.165) is 13.1 Å². The zero-order chi connectivity index (χ0) is 10.5. The molecule has 0 aromatic carbocycles. The second kappa shape index (κ2) is 5.26. The van der Waals surface area contributed by atoms with E-state index in [1.165, 1.54) is 0 Å². The van der Waals surface area contributed by atoms with Crippen LogP contribution in [-0.2, 0) is 0 Å². The summed E-state index contributed by atoms with van der Waals surface area (Å²) in [6.45, 7) is 8.51. The molecule has 0 aliphatic rings. The Morgan fingerprint density at radius 1 is 1.46 bits per heavy atom. The monoisotopic (exact) mass is 182 g/mol. The predicted molar refractivity (Wildman–Crippen MR) is 58.6 cm³/mol. The van der Waals surface area contributed by atoms with Crippen LogP contribution in [-0.4, -0.2) is 38.1 Å². The highest BCUT2D eigenvalue weighted by Crippen LogP contribution is 2.14. The Balaban J connectivity index is 3.83. The standard InChI is InChI=1S/C11H22N2/c1-7-10(2)12-8-11(3,4)9-13(5)6/h1,10,12H,8-9H2,2-6H3. The molecule has 0 aliphatic carbocycles. The zero-order valence-corrected chi connectivity index (χ0v) is 9.52. The molecule has 2 nitrogen and oxygen atoms in total. The SMILES string of the molecule is C#CC(C)NCC(C)(C)CN(C)C. The van der Waals surface area contributed by atoms with Gasteiger partial charge in [0.1, 0.15) is 0 Å². The van der Waals surface area contributed by atoms with Gasteiger partial charge in [0.15, 0.2) is 0 Å². The van der Waals surface area contributed by atoms with E-state index in [2.05, 4.69) is 44.1 Å². The molecule has 2 heteroatoms. The lowest BCUT2D eigenvalue weighted by Crippen LogP contribution is -2.40. The van der Waals surface area contributed by atoms with Crippen molar-refractivity contribution in [2.24, 2.45) is 5.41 Å². The van der Waals surface area contributed by atoms with Gasteiger partial charge in [-0.1, -0.05) is 19.8 Å². The number of hydrogen-bond acceptors (Lipinski definition) is 2. The molecule has 13 heavy (non-hydrogen) atoms. The van der Waals surface area contributed by atoms with Crippen LogP contribution in [0.1, 0.15) is 20.8 Å². The topological polar surface area (TPSA) is 15.3 Å². The van der Waals surface area contributed by atoms with Gasteiger partial charge < -0.3 is 10.2 Å². The van der Waals surface area contributed by atoms with E-state index in [-0.39, 0.29) is 11.5 Å². The van der Waals surface area contributed by atoms with Crippen molar-refractivity contribution in [1.29, 1.82) is 0 Å². The average molecular weight is 182 g/mol. The van der Waals surface area contributed by atoms with Crippen molar-refractivity contribution in [3.8, 4) is 12.3 Å². The largest absolute Gasteiger partial charge is 0.309 e. The maximum absolute atomic E-state index is 5.28. The predicted octanol–water partition coefficient (Wildman–Crippen LogP) is 1.19. The van der Waals surface area contributed by atoms with E-state index in [1.54, 1.807) is 0 Å². The van der Waals surface area contributed by atoms with Gasteiger partial charge in [-0.2, -0.15) is 0 Å². The van der Waals surface area contributed by atoms with Crippen molar-refractivity contribution >= 4 is 0 Å². The van der Waals surface area contributed by atoms with Crippen molar-refractivity contribution in [3.63, 3.8) is 0 Å². The minimum absolute atomic E-state index is 0.168. The van der Waals surface area contributed by atoms with Crippen LogP contribution in [0.25, 0.3) is 0 Å². The van der Waals surface area contributed by atoms with Crippen LogP contribution < -0.4 is 5.32 Å². The Morgan fingerprint density at radius 2 is 2.00 bits per heavy atom. The second-order valence-corrected chi connectivity index (χ2v) is 4.67. The normalized spacial score (nSPS) is 14.2. The third kappa shape index (κ3) is 6.62. The summed E-state index contributed by atoms with van der Waals surface area (Å²) >= 11 is 0. The quantitative estimate of drug-likeness (QED) is 0.642. The first-order chi connectivity index (χ1) is 5.87. The maximum Gasteiger partial charge on any atom is 0.0658 e. The van der Waals surface area contributed by atoms with Gasteiger partial charge in [-0.25, -0.2) is 0 Å². The highest BCUT2D eigenvalue weighted by molar-refractivity contribution is 4.96. The number of nitrogens with zero attached hydrogens (tertiary/aromatic N) is 1. The van der Waals surface area contributed by atoms with Crippen molar-refractivity contribution in [1.82, 2.24) is 10.2 Å². The summed E-state index contributed by atoms with van der Waals surface area (Å²) in [5.74, 6) is 2.67. The smallest absolute Gasteiger partial charge is 0.0658 e. The minimum Gasteiger partial charge on any atom is -0.309 e. The first-order valence-corrected chi connectivity index (χ1v) is 4.71. The summed E-state index contributed by atoms with van der Waals surface area (Å²) in [4.78, 5) is 2.20. The Labute approximate surface area is 82.7 Å². The van der Waals surface area contributed by atoms with Gasteiger partial charge in [0.25, 0.3) is 0 Å². The van der Waals surface area contributed by atoms with Crippen LogP contribution >= 0.6 is 0 Å². The summed E-state index contributed by atoms with van der Waals surface area (Å²) < 4.78 is 0. The van der Waals surface area contributed by atoms with E-state index in [1.807, 2.05) is 6.92 Å². The van der Waals surface area contributed by atoms with Gasteiger partial charge in [0.05, 0.1) is 6.04 Å². The molecule has 0 spiro atoms.